The third-order valence-corrected chi connectivity index (χ3v) is 7.52. The van der Waals surface area contributed by atoms with Crippen LogP contribution in [0.15, 0.2) is 83.8 Å². The number of carbonyl (C=O) groups is 1. The number of rotatable bonds is 9. The molecule has 3 aromatic carbocycles. The number of halogens is 2. The molecule has 0 bridgehead atoms. The molecule has 0 unspecified atom stereocenters. The number of amides is 1. The van der Waals surface area contributed by atoms with Crippen LogP contribution in [0, 0.1) is 0 Å². The summed E-state index contributed by atoms with van der Waals surface area (Å²) in [6, 6.07) is 22.4. The average Bonchev–Trinajstić information content (AvgIpc) is 2.79. The molecular weight excluding hydrogens is 467 g/mol. The van der Waals surface area contributed by atoms with Gasteiger partial charge in [0.15, 0.2) is 0 Å². The van der Waals surface area contributed by atoms with Crippen molar-refractivity contribution in [3.63, 3.8) is 0 Å². The van der Waals surface area contributed by atoms with Crippen LogP contribution in [0.4, 0.5) is 5.69 Å². The van der Waals surface area contributed by atoms with E-state index in [1.165, 1.54) is 23.8 Å². The van der Waals surface area contributed by atoms with Crippen LogP contribution in [0.5, 0.6) is 0 Å². The van der Waals surface area contributed by atoms with E-state index in [1.54, 1.807) is 30.3 Å². The topological polar surface area (TPSA) is 66.5 Å². The minimum absolute atomic E-state index is 0.0565. The van der Waals surface area contributed by atoms with Crippen LogP contribution >= 0.6 is 23.2 Å². The second-order valence-electron chi connectivity index (χ2n) is 7.39. The largest absolute Gasteiger partial charge is 0.352 e. The molecule has 3 aromatic rings. The zero-order chi connectivity index (χ0) is 23.1. The van der Waals surface area contributed by atoms with Crippen molar-refractivity contribution < 1.29 is 13.2 Å². The van der Waals surface area contributed by atoms with Gasteiger partial charge in [-0.3, -0.25) is 9.10 Å². The molecule has 0 aliphatic carbocycles. The lowest BCUT2D eigenvalue weighted by Gasteiger charge is -2.26. The molecule has 5 nitrogen and oxygen atoms in total. The Balaban J connectivity index is 1.79. The highest BCUT2D eigenvalue weighted by Gasteiger charge is 2.29. The summed E-state index contributed by atoms with van der Waals surface area (Å²) in [6.45, 7) is 1.47. The van der Waals surface area contributed by atoms with E-state index in [0.717, 1.165) is 17.1 Å². The second kappa shape index (κ2) is 10.9. The Kier molecular flexibility index (Phi) is 8.18. The van der Waals surface area contributed by atoms with Gasteiger partial charge in [0.05, 0.1) is 20.6 Å². The van der Waals surface area contributed by atoms with Gasteiger partial charge in [0, 0.05) is 6.04 Å². The number of aryl methyl sites for hydroxylation is 1. The Morgan fingerprint density at radius 1 is 0.938 bits per heavy atom. The zero-order valence-corrected chi connectivity index (χ0v) is 19.9. The van der Waals surface area contributed by atoms with Gasteiger partial charge in [-0.1, -0.05) is 77.8 Å². The Morgan fingerprint density at radius 2 is 1.56 bits per heavy atom. The molecule has 0 aliphatic heterocycles. The Bertz CT molecular complexity index is 1160. The number of hydrogen-bond acceptors (Lipinski definition) is 3. The van der Waals surface area contributed by atoms with Crippen molar-refractivity contribution >= 4 is 44.8 Å². The van der Waals surface area contributed by atoms with E-state index in [4.69, 9.17) is 23.2 Å². The number of carbonyl (C=O) groups excluding carboxylic acids is 1. The van der Waals surface area contributed by atoms with Crippen molar-refractivity contribution in [1.29, 1.82) is 0 Å². The van der Waals surface area contributed by atoms with Gasteiger partial charge >= 0.3 is 0 Å². The fraction of sp³-hybridized carbons (Fsp3) is 0.208. The lowest BCUT2D eigenvalue weighted by molar-refractivity contribution is -0.120. The van der Waals surface area contributed by atoms with E-state index < -0.39 is 22.5 Å². The Labute approximate surface area is 199 Å². The summed E-state index contributed by atoms with van der Waals surface area (Å²) >= 11 is 12.4. The molecule has 0 radical (unpaired) electrons. The highest BCUT2D eigenvalue weighted by atomic mass is 35.5. The zero-order valence-electron chi connectivity index (χ0n) is 17.5. The standard InChI is InChI=1S/C24H24Cl2N2O3S/c1-18(15-16-19-9-4-2-5-10-19)27-23(29)17-28(22-14-8-13-21(25)24(22)26)32(30,31)20-11-6-3-7-12-20/h2-14,18H,15-17H2,1H3,(H,27,29)/t18-/m0/s1. The van der Waals surface area contributed by atoms with Crippen LogP contribution in [0.3, 0.4) is 0 Å². The van der Waals surface area contributed by atoms with E-state index >= 15 is 0 Å². The highest BCUT2D eigenvalue weighted by molar-refractivity contribution is 7.92. The van der Waals surface area contributed by atoms with Gasteiger partial charge in [0.25, 0.3) is 10.0 Å². The number of benzene rings is 3. The molecule has 0 heterocycles. The van der Waals surface area contributed by atoms with Gasteiger partial charge in [-0.2, -0.15) is 0 Å². The number of nitrogens with one attached hydrogen (secondary N) is 1. The number of nitrogens with zero attached hydrogens (tertiary/aromatic N) is 1. The summed E-state index contributed by atoms with van der Waals surface area (Å²) in [6.07, 6.45) is 1.52. The van der Waals surface area contributed by atoms with Crippen LogP contribution in [0.2, 0.25) is 10.0 Å². The van der Waals surface area contributed by atoms with E-state index in [2.05, 4.69) is 5.32 Å². The third kappa shape index (κ3) is 6.03. The van der Waals surface area contributed by atoms with Crippen molar-refractivity contribution in [2.24, 2.45) is 0 Å². The average molecular weight is 491 g/mol. The molecule has 8 heteroatoms. The minimum Gasteiger partial charge on any atom is -0.352 e. The molecule has 3 rings (SSSR count). The Hall–Kier alpha value is -2.54. The molecule has 0 spiro atoms. The van der Waals surface area contributed by atoms with Crippen LogP contribution < -0.4 is 9.62 Å². The van der Waals surface area contributed by atoms with Crippen molar-refractivity contribution in [2.75, 3.05) is 10.8 Å². The van der Waals surface area contributed by atoms with Crippen molar-refractivity contribution in [3.8, 4) is 0 Å². The van der Waals surface area contributed by atoms with Gasteiger partial charge in [0.2, 0.25) is 5.91 Å². The first-order valence-corrected chi connectivity index (χ1v) is 12.3. The molecule has 0 aliphatic rings. The first-order chi connectivity index (χ1) is 15.3. The van der Waals surface area contributed by atoms with Gasteiger partial charge in [-0.25, -0.2) is 8.42 Å². The lowest BCUT2D eigenvalue weighted by Crippen LogP contribution is -2.43. The number of sulfonamides is 1. The smallest absolute Gasteiger partial charge is 0.264 e. The molecule has 0 saturated carbocycles. The molecule has 1 N–H and O–H groups in total. The van der Waals surface area contributed by atoms with E-state index in [1.807, 2.05) is 37.3 Å². The summed E-state index contributed by atoms with van der Waals surface area (Å²) in [5, 5.41) is 3.16. The summed E-state index contributed by atoms with van der Waals surface area (Å²) in [5.41, 5.74) is 1.32. The van der Waals surface area contributed by atoms with Crippen molar-refractivity contribution in [3.05, 3.63) is 94.5 Å². The second-order valence-corrected chi connectivity index (χ2v) is 10.0. The molecule has 32 heavy (non-hydrogen) atoms. The maximum Gasteiger partial charge on any atom is 0.264 e. The quantitative estimate of drug-likeness (QED) is 0.440. The SMILES string of the molecule is C[C@@H](CCc1ccccc1)NC(=O)CN(c1cccc(Cl)c1Cl)S(=O)(=O)c1ccccc1. The van der Waals surface area contributed by atoms with Gasteiger partial charge < -0.3 is 5.32 Å². The number of hydrogen-bond donors (Lipinski definition) is 1. The molecular formula is C24H24Cl2N2O3S. The number of anilines is 1. The van der Waals surface area contributed by atoms with Crippen LogP contribution in [0.1, 0.15) is 18.9 Å². The van der Waals surface area contributed by atoms with Crippen LogP contribution in [0.25, 0.3) is 0 Å². The normalized spacial score (nSPS) is 12.2. The van der Waals surface area contributed by atoms with E-state index in [-0.39, 0.29) is 26.7 Å². The highest BCUT2D eigenvalue weighted by Crippen LogP contribution is 2.35. The first kappa shape index (κ1) is 24.1. The molecule has 0 fully saturated rings. The summed E-state index contributed by atoms with van der Waals surface area (Å²) < 4.78 is 27.7. The van der Waals surface area contributed by atoms with Gasteiger partial charge in [0.1, 0.15) is 6.54 Å². The maximum absolute atomic E-state index is 13.4. The minimum atomic E-state index is -4.05. The van der Waals surface area contributed by atoms with Crippen LogP contribution in [-0.2, 0) is 21.2 Å². The maximum atomic E-state index is 13.4. The molecule has 1 amide bonds. The third-order valence-electron chi connectivity index (χ3n) is 4.93. The van der Waals surface area contributed by atoms with Gasteiger partial charge in [-0.05, 0) is 49.6 Å². The Morgan fingerprint density at radius 3 is 2.22 bits per heavy atom. The predicted octanol–water partition coefficient (Wildman–Crippen LogP) is 5.33. The van der Waals surface area contributed by atoms with Crippen molar-refractivity contribution in [1.82, 2.24) is 5.32 Å². The fourth-order valence-electron chi connectivity index (χ4n) is 3.26. The molecule has 0 aromatic heterocycles. The van der Waals surface area contributed by atoms with E-state index in [0.29, 0.717) is 0 Å². The molecule has 168 valence electrons. The van der Waals surface area contributed by atoms with E-state index in [9.17, 15) is 13.2 Å². The van der Waals surface area contributed by atoms with Crippen LogP contribution in [-0.4, -0.2) is 26.9 Å². The predicted molar refractivity (Wildman–Crippen MR) is 130 cm³/mol. The molecule has 1 atom stereocenters. The first-order valence-electron chi connectivity index (χ1n) is 10.1. The molecule has 0 saturated heterocycles. The summed E-state index contributed by atoms with van der Waals surface area (Å²) in [7, 11) is -4.05. The fourth-order valence-corrected chi connectivity index (χ4v) is 5.16. The lowest BCUT2D eigenvalue weighted by atomic mass is 10.1. The monoisotopic (exact) mass is 490 g/mol. The summed E-state index contributed by atoms with van der Waals surface area (Å²) in [4.78, 5) is 12.9. The van der Waals surface area contributed by atoms with Gasteiger partial charge in [-0.15, -0.1) is 0 Å². The van der Waals surface area contributed by atoms with Crippen molar-refractivity contribution in [2.45, 2.75) is 30.7 Å². The summed E-state index contributed by atoms with van der Waals surface area (Å²) in [5.74, 6) is -0.430.